The molecule has 0 unspecified atom stereocenters. The first kappa shape index (κ1) is 18.5. The molecule has 1 aliphatic rings. The summed E-state index contributed by atoms with van der Waals surface area (Å²) in [4.78, 5) is 27.3. The number of likely N-dealkylation sites (tertiary alicyclic amines) is 1. The van der Waals surface area contributed by atoms with Gasteiger partial charge in [0.25, 0.3) is 5.91 Å². The number of hydrogen-bond acceptors (Lipinski definition) is 3. The Hall–Kier alpha value is -2.27. The van der Waals surface area contributed by atoms with Gasteiger partial charge in [-0.2, -0.15) is 0 Å². The van der Waals surface area contributed by atoms with Crippen LogP contribution in [0.1, 0.15) is 35.7 Å². The molecule has 0 spiro atoms. The molecule has 4 nitrogen and oxygen atoms in total. The lowest BCUT2D eigenvalue weighted by Crippen LogP contribution is -2.29. The Morgan fingerprint density at radius 2 is 1.69 bits per heavy atom. The number of carboxylic acid groups (broad SMARTS) is 1. The van der Waals surface area contributed by atoms with E-state index in [1.807, 2.05) is 54.6 Å². The van der Waals surface area contributed by atoms with E-state index in [-0.39, 0.29) is 18.4 Å². The van der Waals surface area contributed by atoms with E-state index >= 15 is 0 Å². The molecule has 1 N–H and O–H groups in total. The van der Waals surface area contributed by atoms with Crippen molar-refractivity contribution in [1.29, 1.82) is 0 Å². The zero-order valence-corrected chi connectivity index (χ0v) is 15.8. The van der Waals surface area contributed by atoms with Crippen LogP contribution in [0.3, 0.4) is 0 Å². The van der Waals surface area contributed by atoms with Crippen molar-refractivity contribution in [2.24, 2.45) is 5.92 Å². The number of benzene rings is 2. The molecule has 0 aromatic heterocycles. The van der Waals surface area contributed by atoms with Crippen molar-refractivity contribution in [3.63, 3.8) is 0 Å². The fraction of sp³-hybridized carbons (Fsp3) is 0.333. The summed E-state index contributed by atoms with van der Waals surface area (Å²) < 4.78 is 0. The maximum atomic E-state index is 12.9. The third kappa shape index (κ3) is 4.10. The predicted molar refractivity (Wildman–Crippen MR) is 104 cm³/mol. The van der Waals surface area contributed by atoms with Gasteiger partial charge in [0.05, 0.1) is 5.92 Å². The van der Waals surface area contributed by atoms with Crippen LogP contribution in [0.15, 0.2) is 59.5 Å². The largest absolute Gasteiger partial charge is 0.481 e. The van der Waals surface area contributed by atoms with Crippen LogP contribution in [0.4, 0.5) is 0 Å². The van der Waals surface area contributed by atoms with Gasteiger partial charge in [-0.1, -0.05) is 44.2 Å². The van der Waals surface area contributed by atoms with E-state index < -0.39 is 11.9 Å². The Labute approximate surface area is 158 Å². The molecule has 136 valence electrons. The van der Waals surface area contributed by atoms with E-state index in [9.17, 15) is 14.7 Å². The fourth-order valence-corrected chi connectivity index (χ4v) is 4.23. The van der Waals surface area contributed by atoms with Gasteiger partial charge in [0.2, 0.25) is 0 Å². The van der Waals surface area contributed by atoms with Crippen molar-refractivity contribution in [1.82, 2.24) is 4.90 Å². The van der Waals surface area contributed by atoms with E-state index in [0.29, 0.717) is 17.4 Å². The monoisotopic (exact) mass is 369 g/mol. The highest BCUT2D eigenvalue weighted by Gasteiger charge is 2.40. The highest BCUT2D eigenvalue weighted by molar-refractivity contribution is 7.99. The Kier molecular flexibility index (Phi) is 5.67. The summed E-state index contributed by atoms with van der Waals surface area (Å²) in [6.07, 6.45) is 0. The second-order valence-electron chi connectivity index (χ2n) is 6.86. The number of hydrogen-bond donors (Lipinski definition) is 1. The highest BCUT2D eigenvalue weighted by Crippen LogP contribution is 2.34. The number of nitrogens with zero attached hydrogens (tertiary/aromatic N) is 1. The standard InChI is InChI=1S/C21H23NO3S/c1-14(2)26-17-10-8-16(9-11-17)20(23)22-12-18(19(13-22)21(24)25)15-6-4-3-5-7-15/h3-11,14,18-19H,12-13H2,1-2H3,(H,24,25)/t18-,19-/m0/s1. The summed E-state index contributed by atoms with van der Waals surface area (Å²) in [5.74, 6) is -1.70. The van der Waals surface area contributed by atoms with Crippen molar-refractivity contribution in [2.45, 2.75) is 29.9 Å². The van der Waals surface area contributed by atoms with Gasteiger partial charge in [-0.05, 0) is 29.8 Å². The molecular weight excluding hydrogens is 346 g/mol. The van der Waals surface area contributed by atoms with Crippen LogP contribution in [-0.2, 0) is 4.79 Å². The van der Waals surface area contributed by atoms with Gasteiger partial charge in [0.15, 0.2) is 0 Å². The minimum absolute atomic E-state index is 0.101. The molecule has 3 rings (SSSR count). The van der Waals surface area contributed by atoms with Crippen LogP contribution in [0.25, 0.3) is 0 Å². The molecule has 1 amide bonds. The van der Waals surface area contributed by atoms with E-state index in [0.717, 1.165) is 10.5 Å². The summed E-state index contributed by atoms with van der Waals surface area (Å²) in [5, 5.41) is 10.1. The molecule has 2 aromatic rings. The molecular formula is C21H23NO3S. The van der Waals surface area contributed by atoms with Crippen molar-refractivity contribution < 1.29 is 14.7 Å². The van der Waals surface area contributed by atoms with Crippen LogP contribution in [-0.4, -0.2) is 40.2 Å². The number of carbonyl (C=O) groups excluding carboxylic acids is 1. The summed E-state index contributed by atoms with van der Waals surface area (Å²) >= 11 is 1.75. The molecule has 26 heavy (non-hydrogen) atoms. The average molecular weight is 369 g/mol. The number of amides is 1. The first-order valence-electron chi connectivity index (χ1n) is 8.79. The van der Waals surface area contributed by atoms with Crippen LogP contribution in [0, 0.1) is 5.92 Å². The van der Waals surface area contributed by atoms with Crippen LogP contribution < -0.4 is 0 Å². The molecule has 0 saturated carbocycles. The van der Waals surface area contributed by atoms with Crippen LogP contribution in [0.2, 0.25) is 0 Å². The molecule has 1 heterocycles. The molecule has 5 heteroatoms. The topological polar surface area (TPSA) is 57.6 Å². The van der Waals surface area contributed by atoms with Crippen LogP contribution in [0.5, 0.6) is 0 Å². The zero-order valence-electron chi connectivity index (χ0n) is 15.0. The van der Waals surface area contributed by atoms with Crippen LogP contribution >= 0.6 is 11.8 Å². The number of carbonyl (C=O) groups is 2. The molecule has 1 saturated heterocycles. The first-order valence-corrected chi connectivity index (χ1v) is 9.67. The maximum absolute atomic E-state index is 12.9. The van der Waals surface area contributed by atoms with Gasteiger partial charge in [0.1, 0.15) is 0 Å². The first-order chi connectivity index (χ1) is 12.5. The summed E-state index contributed by atoms with van der Waals surface area (Å²) in [6.45, 7) is 4.94. The van der Waals surface area contributed by atoms with Gasteiger partial charge in [-0.25, -0.2) is 0 Å². The quantitative estimate of drug-likeness (QED) is 0.805. The highest BCUT2D eigenvalue weighted by atomic mass is 32.2. The van der Waals surface area contributed by atoms with E-state index in [1.165, 1.54) is 0 Å². The molecule has 1 aliphatic heterocycles. The van der Waals surface area contributed by atoms with E-state index in [2.05, 4.69) is 13.8 Å². The third-order valence-corrected chi connectivity index (χ3v) is 5.64. The summed E-state index contributed by atoms with van der Waals surface area (Å²) in [7, 11) is 0. The maximum Gasteiger partial charge on any atom is 0.308 e. The summed E-state index contributed by atoms with van der Waals surface area (Å²) in [5.41, 5.74) is 1.58. The normalized spacial score (nSPS) is 19.7. The minimum Gasteiger partial charge on any atom is -0.481 e. The lowest BCUT2D eigenvalue weighted by atomic mass is 9.89. The van der Waals surface area contributed by atoms with Crippen molar-refractivity contribution in [2.75, 3.05) is 13.1 Å². The zero-order chi connectivity index (χ0) is 18.7. The Balaban J connectivity index is 1.77. The molecule has 0 bridgehead atoms. The van der Waals surface area contributed by atoms with Gasteiger partial charge in [-0.3, -0.25) is 9.59 Å². The summed E-state index contributed by atoms with van der Waals surface area (Å²) in [6, 6.07) is 17.2. The van der Waals surface area contributed by atoms with E-state index in [4.69, 9.17) is 0 Å². The molecule has 2 aromatic carbocycles. The minimum atomic E-state index is -0.849. The number of rotatable bonds is 5. The Morgan fingerprint density at radius 3 is 2.27 bits per heavy atom. The van der Waals surface area contributed by atoms with Gasteiger partial charge in [0, 0.05) is 34.7 Å². The Bertz CT molecular complexity index is 774. The molecule has 0 radical (unpaired) electrons. The van der Waals surface area contributed by atoms with E-state index in [1.54, 1.807) is 16.7 Å². The van der Waals surface area contributed by atoms with Gasteiger partial charge >= 0.3 is 5.97 Å². The Morgan fingerprint density at radius 1 is 1.04 bits per heavy atom. The number of thioether (sulfide) groups is 1. The van der Waals surface area contributed by atoms with Crippen molar-refractivity contribution in [3.05, 3.63) is 65.7 Å². The molecule has 1 fully saturated rings. The third-order valence-electron chi connectivity index (χ3n) is 4.63. The number of carboxylic acids is 1. The van der Waals surface area contributed by atoms with Crippen molar-refractivity contribution in [3.8, 4) is 0 Å². The lowest BCUT2D eigenvalue weighted by molar-refractivity contribution is -0.141. The fourth-order valence-electron chi connectivity index (χ4n) is 3.39. The lowest BCUT2D eigenvalue weighted by Gasteiger charge is -2.17. The molecule has 2 atom stereocenters. The predicted octanol–water partition coefficient (Wildman–Crippen LogP) is 4.13. The van der Waals surface area contributed by atoms with Gasteiger partial charge < -0.3 is 10.0 Å². The second-order valence-corrected chi connectivity index (χ2v) is 8.51. The van der Waals surface area contributed by atoms with Gasteiger partial charge in [-0.15, -0.1) is 11.8 Å². The van der Waals surface area contributed by atoms with Crippen molar-refractivity contribution >= 4 is 23.6 Å². The average Bonchev–Trinajstić information content (AvgIpc) is 3.08. The second kappa shape index (κ2) is 7.96. The SMILES string of the molecule is CC(C)Sc1ccc(C(=O)N2C[C@H](C(=O)O)[C@H](c3ccccc3)C2)cc1. The molecule has 0 aliphatic carbocycles. The smallest absolute Gasteiger partial charge is 0.308 e. The number of aliphatic carboxylic acids is 1.